The Morgan fingerprint density at radius 3 is 2.47 bits per heavy atom. The first-order valence-corrected chi connectivity index (χ1v) is 5.80. The van der Waals surface area contributed by atoms with E-state index >= 15 is 0 Å². The van der Waals surface area contributed by atoms with Crippen molar-refractivity contribution in [3.05, 3.63) is 0 Å². The van der Waals surface area contributed by atoms with Gasteiger partial charge < -0.3 is 15.1 Å². The molecule has 88 valence electrons. The molecule has 0 aromatic carbocycles. The van der Waals surface area contributed by atoms with Gasteiger partial charge in [0.05, 0.1) is 6.10 Å². The number of carbonyl (C=O) groups is 1. The number of unbranched alkanes of at least 4 members (excludes halogenated alkanes) is 2. The Kier molecular flexibility index (Phi) is 5.65. The number of likely N-dealkylation sites (tertiary alicyclic amines) is 1. The first kappa shape index (κ1) is 12.5. The highest BCUT2D eigenvalue weighted by Crippen LogP contribution is 2.11. The van der Waals surface area contributed by atoms with E-state index in [1.807, 2.05) is 0 Å². The van der Waals surface area contributed by atoms with E-state index < -0.39 is 5.97 Å². The van der Waals surface area contributed by atoms with Crippen molar-refractivity contribution < 1.29 is 15.0 Å². The molecule has 1 saturated heterocycles. The number of aliphatic hydroxyl groups is 1. The smallest absolute Gasteiger partial charge is 0.303 e. The van der Waals surface area contributed by atoms with Gasteiger partial charge in [-0.3, -0.25) is 4.79 Å². The van der Waals surface area contributed by atoms with Crippen LogP contribution >= 0.6 is 0 Å². The maximum atomic E-state index is 10.3. The molecule has 0 aromatic heterocycles. The van der Waals surface area contributed by atoms with Gasteiger partial charge in [-0.2, -0.15) is 0 Å². The lowest BCUT2D eigenvalue weighted by Gasteiger charge is -2.29. The Morgan fingerprint density at radius 2 is 1.87 bits per heavy atom. The summed E-state index contributed by atoms with van der Waals surface area (Å²) in [7, 11) is 0. The van der Waals surface area contributed by atoms with Crippen LogP contribution in [0.3, 0.4) is 0 Å². The molecule has 0 bridgehead atoms. The van der Waals surface area contributed by atoms with Crippen molar-refractivity contribution in [1.82, 2.24) is 4.90 Å². The highest BCUT2D eigenvalue weighted by molar-refractivity contribution is 5.66. The average molecular weight is 215 g/mol. The van der Waals surface area contributed by atoms with Gasteiger partial charge in [-0.15, -0.1) is 0 Å². The molecule has 4 nitrogen and oxygen atoms in total. The number of piperidine rings is 1. The van der Waals surface area contributed by atoms with Crippen LogP contribution in [-0.2, 0) is 4.79 Å². The summed E-state index contributed by atoms with van der Waals surface area (Å²) in [6.45, 7) is 3.02. The molecule has 4 heteroatoms. The third-order valence-electron chi connectivity index (χ3n) is 2.92. The van der Waals surface area contributed by atoms with Gasteiger partial charge in [0, 0.05) is 19.5 Å². The second-order valence-corrected chi connectivity index (χ2v) is 4.28. The summed E-state index contributed by atoms with van der Waals surface area (Å²) < 4.78 is 0. The highest BCUT2D eigenvalue weighted by atomic mass is 16.4. The quantitative estimate of drug-likeness (QED) is 0.651. The summed E-state index contributed by atoms with van der Waals surface area (Å²) in [6.07, 6.45) is 4.80. The molecular formula is C11H21NO3. The third-order valence-corrected chi connectivity index (χ3v) is 2.92. The molecule has 0 aromatic rings. The minimum atomic E-state index is -0.698. The lowest BCUT2D eigenvalue weighted by Crippen LogP contribution is -2.36. The number of hydrogen-bond acceptors (Lipinski definition) is 3. The Bertz CT molecular complexity index is 188. The molecule has 0 aliphatic carbocycles. The van der Waals surface area contributed by atoms with Crippen molar-refractivity contribution in [2.75, 3.05) is 19.6 Å². The number of carboxylic acid groups (broad SMARTS) is 1. The van der Waals surface area contributed by atoms with Gasteiger partial charge in [-0.25, -0.2) is 0 Å². The monoisotopic (exact) mass is 215 g/mol. The number of carboxylic acids is 1. The molecule has 1 aliphatic rings. The van der Waals surface area contributed by atoms with Crippen LogP contribution < -0.4 is 0 Å². The van der Waals surface area contributed by atoms with Crippen LogP contribution in [-0.4, -0.2) is 46.8 Å². The van der Waals surface area contributed by atoms with Gasteiger partial charge in [0.1, 0.15) is 0 Å². The normalized spacial score (nSPS) is 19.3. The zero-order valence-electron chi connectivity index (χ0n) is 9.19. The first-order valence-electron chi connectivity index (χ1n) is 5.80. The number of nitrogens with zero attached hydrogens (tertiary/aromatic N) is 1. The number of rotatable bonds is 6. The van der Waals surface area contributed by atoms with Crippen LogP contribution in [0.5, 0.6) is 0 Å². The molecule has 0 radical (unpaired) electrons. The predicted molar refractivity (Wildman–Crippen MR) is 57.8 cm³/mol. The zero-order valence-corrected chi connectivity index (χ0v) is 9.19. The molecule has 15 heavy (non-hydrogen) atoms. The van der Waals surface area contributed by atoms with E-state index in [1.54, 1.807) is 0 Å². The summed E-state index contributed by atoms with van der Waals surface area (Å²) in [4.78, 5) is 12.6. The van der Waals surface area contributed by atoms with Crippen LogP contribution in [0.1, 0.15) is 38.5 Å². The summed E-state index contributed by atoms with van der Waals surface area (Å²) in [5, 5.41) is 17.8. The summed E-state index contributed by atoms with van der Waals surface area (Å²) in [6, 6.07) is 0. The lowest BCUT2D eigenvalue weighted by molar-refractivity contribution is -0.137. The van der Waals surface area contributed by atoms with Gasteiger partial charge in [-0.1, -0.05) is 6.42 Å². The topological polar surface area (TPSA) is 60.8 Å². The fourth-order valence-electron chi connectivity index (χ4n) is 1.93. The fourth-order valence-corrected chi connectivity index (χ4v) is 1.93. The van der Waals surface area contributed by atoms with Gasteiger partial charge in [0.15, 0.2) is 0 Å². The van der Waals surface area contributed by atoms with Crippen molar-refractivity contribution in [2.45, 2.75) is 44.6 Å². The van der Waals surface area contributed by atoms with Crippen LogP contribution in [0.15, 0.2) is 0 Å². The number of hydrogen-bond donors (Lipinski definition) is 2. The molecule has 0 atom stereocenters. The van der Waals surface area contributed by atoms with Crippen LogP contribution in [0.4, 0.5) is 0 Å². The molecule has 1 aliphatic heterocycles. The molecule has 0 amide bonds. The summed E-state index contributed by atoms with van der Waals surface area (Å²) >= 11 is 0. The molecule has 1 heterocycles. The maximum absolute atomic E-state index is 10.3. The van der Waals surface area contributed by atoms with E-state index in [1.165, 1.54) is 0 Å². The van der Waals surface area contributed by atoms with Gasteiger partial charge in [0.2, 0.25) is 0 Å². The highest BCUT2D eigenvalue weighted by Gasteiger charge is 2.15. The number of aliphatic carboxylic acids is 1. The van der Waals surface area contributed by atoms with E-state index in [0.29, 0.717) is 6.42 Å². The number of aliphatic hydroxyl groups excluding tert-OH is 1. The Morgan fingerprint density at radius 1 is 1.20 bits per heavy atom. The minimum absolute atomic E-state index is 0.103. The van der Waals surface area contributed by atoms with E-state index in [-0.39, 0.29) is 6.10 Å². The van der Waals surface area contributed by atoms with E-state index in [0.717, 1.165) is 51.7 Å². The van der Waals surface area contributed by atoms with Crippen molar-refractivity contribution in [2.24, 2.45) is 0 Å². The molecule has 0 saturated carbocycles. The molecule has 1 rings (SSSR count). The van der Waals surface area contributed by atoms with E-state index in [2.05, 4.69) is 4.90 Å². The second-order valence-electron chi connectivity index (χ2n) is 4.28. The van der Waals surface area contributed by atoms with Crippen molar-refractivity contribution >= 4 is 5.97 Å². The Labute approximate surface area is 90.9 Å². The summed E-state index contributed by atoms with van der Waals surface area (Å²) in [5.74, 6) is -0.698. The van der Waals surface area contributed by atoms with Gasteiger partial charge in [-0.05, 0) is 32.2 Å². The average Bonchev–Trinajstić information content (AvgIpc) is 2.20. The Hall–Kier alpha value is -0.610. The summed E-state index contributed by atoms with van der Waals surface area (Å²) in [5.41, 5.74) is 0. The first-order chi connectivity index (χ1) is 7.18. The largest absolute Gasteiger partial charge is 0.481 e. The van der Waals surface area contributed by atoms with Crippen molar-refractivity contribution in [3.8, 4) is 0 Å². The predicted octanol–water partition coefficient (Wildman–Crippen LogP) is 1.09. The van der Waals surface area contributed by atoms with Crippen LogP contribution in [0, 0.1) is 0 Å². The molecule has 0 unspecified atom stereocenters. The fraction of sp³-hybridized carbons (Fsp3) is 0.909. The maximum Gasteiger partial charge on any atom is 0.303 e. The third kappa shape index (κ3) is 5.74. The van der Waals surface area contributed by atoms with Gasteiger partial charge in [0.25, 0.3) is 0 Å². The lowest BCUT2D eigenvalue weighted by atomic mass is 10.1. The van der Waals surface area contributed by atoms with E-state index in [9.17, 15) is 9.90 Å². The van der Waals surface area contributed by atoms with Gasteiger partial charge >= 0.3 is 5.97 Å². The van der Waals surface area contributed by atoms with Crippen LogP contribution in [0.25, 0.3) is 0 Å². The second kappa shape index (κ2) is 6.80. The molecule has 1 fully saturated rings. The van der Waals surface area contributed by atoms with Crippen molar-refractivity contribution in [3.63, 3.8) is 0 Å². The molecule has 2 N–H and O–H groups in total. The van der Waals surface area contributed by atoms with Crippen molar-refractivity contribution in [1.29, 1.82) is 0 Å². The molecule has 0 spiro atoms. The van der Waals surface area contributed by atoms with E-state index in [4.69, 9.17) is 5.11 Å². The minimum Gasteiger partial charge on any atom is -0.481 e. The Balaban J connectivity index is 1.94. The standard InChI is InChI=1S/C11H21NO3/c13-10-5-8-12(9-6-10)7-3-1-2-4-11(14)15/h10,13H,1-9H2,(H,14,15). The SMILES string of the molecule is O=C(O)CCCCCN1CCC(O)CC1. The molecular weight excluding hydrogens is 194 g/mol. The zero-order chi connectivity index (χ0) is 11.1. The van der Waals surface area contributed by atoms with Crippen LogP contribution in [0.2, 0.25) is 0 Å².